The summed E-state index contributed by atoms with van der Waals surface area (Å²) in [7, 11) is 0. The number of ether oxygens (including phenoxy) is 1. The summed E-state index contributed by atoms with van der Waals surface area (Å²) in [5.41, 5.74) is 2.34. The van der Waals surface area contributed by atoms with E-state index in [0.29, 0.717) is 0 Å². The van der Waals surface area contributed by atoms with Crippen molar-refractivity contribution in [1.82, 2.24) is 5.32 Å². The van der Waals surface area contributed by atoms with Gasteiger partial charge in [-0.05, 0) is 38.8 Å². The van der Waals surface area contributed by atoms with Crippen molar-refractivity contribution < 1.29 is 9.53 Å². The molecule has 0 aliphatic carbocycles. The predicted molar refractivity (Wildman–Crippen MR) is 98.3 cm³/mol. The van der Waals surface area contributed by atoms with Gasteiger partial charge in [-0.3, -0.25) is 0 Å². The van der Waals surface area contributed by atoms with Crippen LogP contribution < -0.4 is 5.32 Å². The largest absolute Gasteiger partial charge is 0.457 e. The Hall–Kier alpha value is -2.55. The summed E-state index contributed by atoms with van der Waals surface area (Å²) in [6.45, 7) is 7.66. The third-order valence-electron chi connectivity index (χ3n) is 3.43. The molecule has 1 unspecified atom stereocenters. The van der Waals surface area contributed by atoms with Gasteiger partial charge >= 0.3 is 5.97 Å². The van der Waals surface area contributed by atoms with Crippen LogP contribution in [0.3, 0.4) is 0 Å². The van der Waals surface area contributed by atoms with Gasteiger partial charge in [-0.1, -0.05) is 60.7 Å². The fourth-order valence-corrected chi connectivity index (χ4v) is 2.33. The molecule has 1 atom stereocenters. The average Bonchev–Trinajstić information content (AvgIpc) is 2.54. The monoisotopic (exact) mass is 323 g/mol. The SMILES string of the molecule is CC(N/C(=C\C(=O)OC(C)(C)C)c1ccccc1)c1ccccc1. The molecule has 0 aromatic heterocycles. The molecule has 2 aromatic rings. The molecule has 126 valence electrons. The van der Waals surface area contributed by atoms with Crippen molar-refractivity contribution in [2.75, 3.05) is 0 Å². The molecule has 0 spiro atoms. The van der Waals surface area contributed by atoms with Crippen molar-refractivity contribution in [2.24, 2.45) is 0 Å². The van der Waals surface area contributed by atoms with Crippen LogP contribution in [0.5, 0.6) is 0 Å². The van der Waals surface area contributed by atoms with Gasteiger partial charge in [0.15, 0.2) is 0 Å². The highest BCUT2D eigenvalue weighted by atomic mass is 16.6. The highest BCUT2D eigenvalue weighted by Gasteiger charge is 2.16. The smallest absolute Gasteiger partial charge is 0.333 e. The molecule has 24 heavy (non-hydrogen) atoms. The lowest BCUT2D eigenvalue weighted by atomic mass is 10.1. The van der Waals surface area contributed by atoms with Crippen LogP contribution in [0.1, 0.15) is 44.9 Å². The minimum atomic E-state index is -0.513. The third-order valence-corrected chi connectivity index (χ3v) is 3.43. The van der Waals surface area contributed by atoms with Crippen molar-refractivity contribution in [3.8, 4) is 0 Å². The van der Waals surface area contributed by atoms with E-state index in [1.54, 1.807) is 0 Å². The fraction of sp³-hybridized carbons (Fsp3) is 0.286. The van der Waals surface area contributed by atoms with Gasteiger partial charge in [0.05, 0.1) is 0 Å². The first-order valence-electron chi connectivity index (χ1n) is 8.17. The van der Waals surface area contributed by atoms with Crippen LogP contribution in [0.25, 0.3) is 5.70 Å². The van der Waals surface area contributed by atoms with Crippen LogP contribution in [-0.2, 0) is 9.53 Å². The molecule has 2 aromatic carbocycles. The lowest BCUT2D eigenvalue weighted by Gasteiger charge is -2.21. The van der Waals surface area contributed by atoms with E-state index < -0.39 is 5.60 Å². The minimum absolute atomic E-state index is 0.0695. The Morgan fingerprint density at radius 3 is 2.08 bits per heavy atom. The van der Waals surface area contributed by atoms with Crippen molar-refractivity contribution in [3.63, 3.8) is 0 Å². The summed E-state index contributed by atoms with van der Waals surface area (Å²) >= 11 is 0. The maximum absolute atomic E-state index is 12.2. The molecule has 3 nitrogen and oxygen atoms in total. The predicted octanol–water partition coefficient (Wildman–Crippen LogP) is 4.72. The molecular weight excluding hydrogens is 298 g/mol. The van der Waals surface area contributed by atoms with Crippen molar-refractivity contribution in [3.05, 3.63) is 77.9 Å². The zero-order valence-electron chi connectivity index (χ0n) is 14.7. The fourth-order valence-electron chi connectivity index (χ4n) is 2.33. The van der Waals surface area contributed by atoms with Gasteiger partial charge in [0.25, 0.3) is 0 Å². The van der Waals surface area contributed by atoms with E-state index in [1.165, 1.54) is 6.08 Å². The first-order valence-corrected chi connectivity index (χ1v) is 8.17. The molecule has 0 amide bonds. The van der Waals surface area contributed by atoms with Crippen LogP contribution >= 0.6 is 0 Å². The molecule has 0 aliphatic rings. The lowest BCUT2D eigenvalue weighted by Crippen LogP contribution is -2.24. The highest BCUT2D eigenvalue weighted by molar-refractivity contribution is 5.91. The molecule has 0 saturated carbocycles. The number of carbonyl (C=O) groups is 1. The Morgan fingerprint density at radius 2 is 1.54 bits per heavy atom. The van der Waals surface area contributed by atoms with Gasteiger partial charge in [0.2, 0.25) is 0 Å². The molecule has 2 rings (SSSR count). The molecular formula is C21H25NO2. The maximum Gasteiger partial charge on any atom is 0.333 e. The number of hydrogen-bond acceptors (Lipinski definition) is 3. The maximum atomic E-state index is 12.2. The molecule has 0 aliphatic heterocycles. The first-order chi connectivity index (χ1) is 11.3. The van der Waals surface area contributed by atoms with Crippen LogP contribution in [0, 0.1) is 0 Å². The zero-order chi connectivity index (χ0) is 17.6. The second-order valence-corrected chi connectivity index (χ2v) is 6.73. The molecule has 0 radical (unpaired) electrons. The van der Waals surface area contributed by atoms with Gasteiger partial charge in [0.1, 0.15) is 5.60 Å². The quantitative estimate of drug-likeness (QED) is 0.639. The summed E-state index contributed by atoms with van der Waals surface area (Å²) in [6, 6.07) is 20.0. The number of hydrogen-bond donors (Lipinski definition) is 1. The minimum Gasteiger partial charge on any atom is -0.457 e. The van der Waals surface area contributed by atoms with E-state index in [0.717, 1.165) is 16.8 Å². The second kappa shape index (κ2) is 7.82. The third kappa shape index (κ3) is 5.58. The first kappa shape index (κ1) is 17.8. The Labute approximate surface area is 144 Å². The normalized spacial score (nSPS) is 13.2. The second-order valence-electron chi connectivity index (χ2n) is 6.73. The molecule has 1 N–H and O–H groups in total. The summed E-state index contributed by atoms with van der Waals surface area (Å²) < 4.78 is 5.42. The lowest BCUT2D eigenvalue weighted by molar-refractivity contribution is -0.148. The number of nitrogens with one attached hydrogen (secondary N) is 1. The Bertz CT molecular complexity index is 685. The van der Waals surface area contributed by atoms with Crippen LogP contribution in [-0.4, -0.2) is 11.6 Å². The van der Waals surface area contributed by atoms with Crippen molar-refractivity contribution >= 4 is 11.7 Å². The van der Waals surface area contributed by atoms with E-state index in [9.17, 15) is 4.79 Å². The summed E-state index contributed by atoms with van der Waals surface area (Å²) in [6.07, 6.45) is 1.53. The topological polar surface area (TPSA) is 38.3 Å². The summed E-state index contributed by atoms with van der Waals surface area (Å²) in [5.74, 6) is -0.353. The Morgan fingerprint density at radius 1 is 1.00 bits per heavy atom. The van der Waals surface area contributed by atoms with Crippen molar-refractivity contribution in [2.45, 2.75) is 39.3 Å². The van der Waals surface area contributed by atoms with Gasteiger partial charge in [-0.25, -0.2) is 4.79 Å². The molecule has 0 saturated heterocycles. The molecule has 0 bridgehead atoms. The van der Waals surface area contributed by atoms with E-state index in [4.69, 9.17) is 4.74 Å². The van der Waals surface area contributed by atoms with Gasteiger partial charge < -0.3 is 10.1 Å². The Balaban J connectivity index is 2.25. The number of rotatable bonds is 5. The number of benzene rings is 2. The van der Waals surface area contributed by atoms with Crippen molar-refractivity contribution in [1.29, 1.82) is 0 Å². The Kier molecular flexibility index (Phi) is 5.80. The van der Waals surface area contributed by atoms with Gasteiger partial charge in [-0.15, -0.1) is 0 Å². The van der Waals surface area contributed by atoms with Gasteiger partial charge in [0, 0.05) is 17.8 Å². The van der Waals surface area contributed by atoms with E-state index in [2.05, 4.69) is 24.4 Å². The standard InChI is InChI=1S/C21H25NO2/c1-16(17-11-7-5-8-12-17)22-19(18-13-9-6-10-14-18)15-20(23)24-21(2,3)4/h5-16,22H,1-4H3/b19-15-. The van der Waals surface area contributed by atoms with Crippen LogP contribution in [0.2, 0.25) is 0 Å². The van der Waals surface area contributed by atoms with Crippen LogP contribution in [0.15, 0.2) is 66.7 Å². The van der Waals surface area contributed by atoms with E-state index in [1.807, 2.05) is 69.3 Å². The average molecular weight is 323 g/mol. The summed E-state index contributed by atoms with van der Waals surface area (Å²) in [5, 5.41) is 3.43. The number of esters is 1. The van der Waals surface area contributed by atoms with Crippen LogP contribution in [0.4, 0.5) is 0 Å². The van der Waals surface area contributed by atoms with E-state index >= 15 is 0 Å². The van der Waals surface area contributed by atoms with Gasteiger partial charge in [-0.2, -0.15) is 0 Å². The zero-order valence-corrected chi connectivity index (χ0v) is 14.7. The molecule has 0 fully saturated rings. The molecule has 3 heteroatoms. The highest BCUT2D eigenvalue weighted by Crippen LogP contribution is 2.19. The summed E-state index contributed by atoms with van der Waals surface area (Å²) in [4.78, 5) is 12.2. The molecule has 0 heterocycles. The van der Waals surface area contributed by atoms with E-state index in [-0.39, 0.29) is 12.0 Å². The number of carbonyl (C=O) groups excluding carboxylic acids is 1.